The molecule has 0 bridgehead atoms. The van der Waals surface area contributed by atoms with Crippen LogP contribution in [0.4, 0.5) is 5.69 Å². The molecule has 0 heterocycles. The standard InChI is InChI=1S/C11H14N2O/c1-8(9(2)14)13-11-5-3-4-10(6-11)7-12/h3-6,8-9,13-14H,1-2H3. The Bertz CT molecular complexity index is 341. The van der Waals surface area contributed by atoms with Gasteiger partial charge in [0, 0.05) is 11.7 Å². The predicted octanol–water partition coefficient (Wildman–Crippen LogP) is 1.74. The largest absolute Gasteiger partial charge is 0.391 e. The number of anilines is 1. The van der Waals surface area contributed by atoms with Gasteiger partial charge in [-0.2, -0.15) is 5.26 Å². The van der Waals surface area contributed by atoms with Gasteiger partial charge in [-0.15, -0.1) is 0 Å². The molecule has 2 N–H and O–H groups in total. The Morgan fingerprint density at radius 1 is 1.43 bits per heavy atom. The van der Waals surface area contributed by atoms with Gasteiger partial charge >= 0.3 is 0 Å². The van der Waals surface area contributed by atoms with Crippen LogP contribution in [0.1, 0.15) is 19.4 Å². The Morgan fingerprint density at radius 3 is 2.71 bits per heavy atom. The van der Waals surface area contributed by atoms with Crippen molar-refractivity contribution in [2.45, 2.75) is 26.0 Å². The maximum absolute atomic E-state index is 9.28. The number of aliphatic hydroxyl groups is 1. The zero-order valence-electron chi connectivity index (χ0n) is 8.36. The van der Waals surface area contributed by atoms with Crippen molar-refractivity contribution in [1.29, 1.82) is 5.26 Å². The molecule has 0 aliphatic rings. The zero-order valence-corrected chi connectivity index (χ0v) is 8.36. The van der Waals surface area contributed by atoms with Crippen molar-refractivity contribution in [2.24, 2.45) is 0 Å². The molecule has 3 heteroatoms. The molecule has 0 spiro atoms. The number of rotatable bonds is 3. The first kappa shape index (κ1) is 10.6. The molecular formula is C11H14N2O. The highest BCUT2D eigenvalue weighted by molar-refractivity contribution is 5.49. The van der Waals surface area contributed by atoms with Crippen LogP contribution in [0.2, 0.25) is 0 Å². The molecule has 0 aromatic heterocycles. The van der Waals surface area contributed by atoms with Crippen LogP contribution in [0, 0.1) is 11.3 Å². The van der Waals surface area contributed by atoms with Crippen LogP contribution in [0.5, 0.6) is 0 Å². The van der Waals surface area contributed by atoms with Gasteiger partial charge in [0.05, 0.1) is 17.7 Å². The molecular weight excluding hydrogens is 176 g/mol. The lowest BCUT2D eigenvalue weighted by Gasteiger charge is -2.17. The summed E-state index contributed by atoms with van der Waals surface area (Å²) < 4.78 is 0. The lowest BCUT2D eigenvalue weighted by molar-refractivity contribution is 0.178. The van der Waals surface area contributed by atoms with Gasteiger partial charge in [0.2, 0.25) is 0 Å². The highest BCUT2D eigenvalue weighted by atomic mass is 16.3. The lowest BCUT2D eigenvalue weighted by Crippen LogP contribution is -2.27. The zero-order chi connectivity index (χ0) is 10.6. The predicted molar refractivity (Wildman–Crippen MR) is 55.9 cm³/mol. The maximum atomic E-state index is 9.28. The third kappa shape index (κ3) is 2.75. The van der Waals surface area contributed by atoms with Crippen LogP contribution in [-0.2, 0) is 0 Å². The highest BCUT2D eigenvalue weighted by Crippen LogP contribution is 2.11. The molecule has 1 aromatic rings. The monoisotopic (exact) mass is 190 g/mol. The van der Waals surface area contributed by atoms with Gasteiger partial charge < -0.3 is 10.4 Å². The fourth-order valence-electron chi connectivity index (χ4n) is 1.06. The van der Waals surface area contributed by atoms with E-state index in [4.69, 9.17) is 5.26 Å². The third-order valence-corrected chi connectivity index (χ3v) is 2.11. The molecule has 0 aliphatic heterocycles. The summed E-state index contributed by atoms with van der Waals surface area (Å²) in [5.74, 6) is 0. The number of nitrogens with zero attached hydrogens (tertiary/aromatic N) is 1. The molecule has 3 nitrogen and oxygen atoms in total. The van der Waals surface area contributed by atoms with E-state index in [2.05, 4.69) is 11.4 Å². The van der Waals surface area contributed by atoms with Gasteiger partial charge in [0.1, 0.15) is 0 Å². The Balaban J connectivity index is 2.73. The highest BCUT2D eigenvalue weighted by Gasteiger charge is 2.07. The summed E-state index contributed by atoms with van der Waals surface area (Å²) in [6, 6.07) is 9.24. The molecule has 2 unspecified atom stereocenters. The van der Waals surface area contributed by atoms with Crippen LogP contribution < -0.4 is 5.32 Å². The topological polar surface area (TPSA) is 56.0 Å². The number of hydrogen-bond donors (Lipinski definition) is 2. The molecule has 2 atom stereocenters. The Labute approximate surface area is 84.0 Å². The SMILES string of the molecule is CC(O)C(C)Nc1cccc(C#N)c1. The number of nitrogens with one attached hydrogen (secondary N) is 1. The number of aliphatic hydroxyl groups excluding tert-OH is 1. The smallest absolute Gasteiger partial charge is 0.0992 e. The van der Waals surface area contributed by atoms with Crippen LogP contribution in [0.25, 0.3) is 0 Å². The minimum atomic E-state index is -0.416. The minimum absolute atomic E-state index is 0.0241. The van der Waals surface area contributed by atoms with Gasteiger partial charge in [0.25, 0.3) is 0 Å². The molecule has 0 aliphatic carbocycles. The average molecular weight is 190 g/mol. The van der Waals surface area contributed by atoms with Crippen LogP contribution in [0.15, 0.2) is 24.3 Å². The molecule has 14 heavy (non-hydrogen) atoms. The van der Waals surface area contributed by atoms with E-state index in [1.807, 2.05) is 19.1 Å². The van der Waals surface area contributed by atoms with Gasteiger partial charge in [-0.25, -0.2) is 0 Å². The fraction of sp³-hybridized carbons (Fsp3) is 0.364. The summed E-state index contributed by atoms with van der Waals surface area (Å²) in [6.45, 7) is 3.62. The molecule has 0 saturated heterocycles. The molecule has 0 amide bonds. The fourth-order valence-corrected chi connectivity index (χ4v) is 1.06. The van der Waals surface area contributed by atoms with Crippen LogP contribution in [-0.4, -0.2) is 17.3 Å². The second kappa shape index (κ2) is 4.64. The van der Waals surface area contributed by atoms with Crippen molar-refractivity contribution in [3.05, 3.63) is 29.8 Å². The minimum Gasteiger partial charge on any atom is -0.391 e. The first-order chi connectivity index (χ1) is 6.63. The Kier molecular flexibility index (Phi) is 3.49. The quantitative estimate of drug-likeness (QED) is 0.763. The number of benzene rings is 1. The van der Waals surface area contributed by atoms with E-state index < -0.39 is 6.10 Å². The Hall–Kier alpha value is -1.53. The van der Waals surface area contributed by atoms with Gasteiger partial charge in [-0.05, 0) is 32.0 Å². The van der Waals surface area contributed by atoms with E-state index in [1.165, 1.54) is 0 Å². The van der Waals surface area contributed by atoms with E-state index in [0.717, 1.165) is 5.69 Å². The van der Waals surface area contributed by atoms with E-state index in [9.17, 15) is 5.11 Å². The Morgan fingerprint density at radius 2 is 2.14 bits per heavy atom. The molecule has 74 valence electrons. The number of nitriles is 1. The molecule has 0 saturated carbocycles. The third-order valence-electron chi connectivity index (χ3n) is 2.11. The molecule has 1 rings (SSSR count). The second-order valence-corrected chi connectivity index (χ2v) is 3.37. The average Bonchev–Trinajstić information content (AvgIpc) is 2.18. The van der Waals surface area contributed by atoms with Gasteiger partial charge in [0.15, 0.2) is 0 Å². The second-order valence-electron chi connectivity index (χ2n) is 3.37. The van der Waals surface area contributed by atoms with Crippen molar-refractivity contribution >= 4 is 5.69 Å². The summed E-state index contributed by atoms with van der Waals surface area (Å²) in [7, 11) is 0. The van der Waals surface area contributed by atoms with Crippen molar-refractivity contribution < 1.29 is 5.11 Å². The van der Waals surface area contributed by atoms with E-state index in [1.54, 1.807) is 19.1 Å². The molecule has 0 radical (unpaired) electrons. The van der Waals surface area contributed by atoms with E-state index >= 15 is 0 Å². The molecule has 1 aromatic carbocycles. The summed E-state index contributed by atoms with van der Waals surface area (Å²) >= 11 is 0. The van der Waals surface area contributed by atoms with E-state index in [0.29, 0.717) is 5.56 Å². The van der Waals surface area contributed by atoms with E-state index in [-0.39, 0.29) is 6.04 Å². The maximum Gasteiger partial charge on any atom is 0.0992 e. The van der Waals surface area contributed by atoms with Crippen molar-refractivity contribution in [3.8, 4) is 6.07 Å². The van der Waals surface area contributed by atoms with Gasteiger partial charge in [-0.1, -0.05) is 6.07 Å². The summed E-state index contributed by atoms with van der Waals surface area (Å²) in [5, 5.41) is 21.1. The van der Waals surface area contributed by atoms with Gasteiger partial charge in [-0.3, -0.25) is 0 Å². The normalized spacial score (nSPS) is 14.1. The first-order valence-corrected chi connectivity index (χ1v) is 4.58. The summed E-state index contributed by atoms with van der Waals surface area (Å²) in [5.41, 5.74) is 1.48. The molecule has 0 fully saturated rings. The van der Waals surface area contributed by atoms with Crippen molar-refractivity contribution in [1.82, 2.24) is 0 Å². The van der Waals surface area contributed by atoms with Crippen LogP contribution >= 0.6 is 0 Å². The number of hydrogen-bond acceptors (Lipinski definition) is 3. The van der Waals surface area contributed by atoms with Crippen molar-refractivity contribution in [2.75, 3.05) is 5.32 Å². The summed E-state index contributed by atoms with van der Waals surface area (Å²) in [4.78, 5) is 0. The summed E-state index contributed by atoms with van der Waals surface area (Å²) in [6.07, 6.45) is -0.416. The van der Waals surface area contributed by atoms with Crippen molar-refractivity contribution in [3.63, 3.8) is 0 Å². The van der Waals surface area contributed by atoms with Crippen LogP contribution in [0.3, 0.4) is 0 Å². The first-order valence-electron chi connectivity index (χ1n) is 4.58. The lowest BCUT2D eigenvalue weighted by atomic mass is 10.1.